The molecule has 368 valence electrons. The SMILES string of the molecule is [2H][C@@](Cc1cc(Cl)c2ncc(C#N)c(Nc3cnc(F)c(F)c3)c2c1)(c1ccc(F)cc1)c1cn(CF)nn1.[2H][C@@](Cc1cc(Cl)c2ncc(C#N)c(Nc3cnc(F)c(F)c3)c2c1)(c1ccc(F)cc1)c1cn[nH]n1. The average Bonchev–Trinajstić information content (AvgIpc) is 4.16. The number of hydrogen-bond acceptors (Lipinski definition) is 12. The molecule has 3 N–H and O–H groups in total. The number of H-pyrrole nitrogens is 1. The van der Waals surface area contributed by atoms with Gasteiger partial charge in [0.2, 0.25) is 11.9 Å². The van der Waals surface area contributed by atoms with Gasteiger partial charge in [0.15, 0.2) is 18.4 Å². The lowest BCUT2D eigenvalue weighted by Gasteiger charge is -2.17. The van der Waals surface area contributed by atoms with Crippen molar-refractivity contribution in [3.63, 3.8) is 0 Å². The van der Waals surface area contributed by atoms with Gasteiger partial charge in [0, 0.05) is 49.8 Å². The summed E-state index contributed by atoms with van der Waals surface area (Å²) in [6.45, 7) is -0.954. The van der Waals surface area contributed by atoms with Gasteiger partial charge in [-0.3, -0.25) is 9.97 Å². The summed E-state index contributed by atoms with van der Waals surface area (Å²) in [6, 6.07) is 23.1. The van der Waals surface area contributed by atoms with Gasteiger partial charge in [-0.25, -0.2) is 36.6 Å². The first-order chi connectivity index (χ1) is 36.5. The molecule has 0 fully saturated rings. The zero-order chi connectivity index (χ0) is 53.9. The third-order valence-corrected chi connectivity index (χ3v) is 11.8. The van der Waals surface area contributed by atoms with Gasteiger partial charge in [-0.05, 0) is 83.6 Å². The summed E-state index contributed by atoms with van der Waals surface area (Å²) >= 11 is 13.1. The van der Waals surface area contributed by atoms with Gasteiger partial charge < -0.3 is 10.6 Å². The fourth-order valence-corrected chi connectivity index (χ4v) is 8.36. The van der Waals surface area contributed by atoms with Crippen molar-refractivity contribution in [2.45, 2.75) is 31.4 Å². The number of nitrogens with zero attached hydrogens (tertiary/aromatic N) is 11. The maximum Gasteiger partial charge on any atom is 0.249 e. The third-order valence-electron chi connectivity index (χ3n) is 11.2. The Hall–Kier alpha value is -9.05. The second-order valence-electron chi connectivity index (χ2n) is 16.0. The number of fused-ring (bicyclic) bond motifs is 2. The number of alkyl halides is 1. The van der Waals surface area contributed by atoms with Crippen LogP contribution in [-0.2, 0) is 19.6 Å². The number of benzene rings is 4. The normalized spacial score (nSPS) is 13.1. The van der Waals surface area contributed by atoms with Crippen molar-refractivity contribution in [3.05, 3.63) is 212 Å². The predicted molar refractivity (Wildman–Crippen MR) is 259 cm³/mol. The molecule has 10 rings (SSSR count). The molecule has 74 heavy (non-hydrogen) atoms. The lowest BCUT2D eigenvalue weighted by atomic mass is 9.89. The molecule has 23 heteroatoms. The number of rotatable bonds is 13. The zero-order valence-corrected chi connectivity index (χ0v) is 39.0. The molecule has 0 radical (unpaired) electrons. The molecule has 6 heterocycles. The lowest BCUT2D eigenvalue weighted by molar-refractivity contribution is 0.343. The number of aromatic amines is 1. The fourth-order valence-electron chi connectivity index (χ4n) is 7.78. The molecule has 0 saturated heterocycles. The summed E-state index contributed by atoms with van der Waals surface area (Å²) in [5, 5.41) is 44.5. The van der Waals surface area contributed by atoms with Crippen LogP contribution < -0.4 is 10.6 Å². The number of aromatic nitrogens is 10. The number of nitrogens with one attached hydrogen (secondary N) is 3. The number of nitriles is 2. The summed E-state index contributed by atoms with van der Waals surface area (Å²) in [6.07, 6.45) is 7.43. The van der Waals surface area contributed by atoms with E-state index < -0.39 is 53.8 Å². The molecular weight excluding hydrogens is 1010 g/mol. The van der Waals surface area contributed by atoms with E-state index >= 15 is 0 Å². The molecule has 6 aromatic heterocycles. The number of hydrogen-bond donors (Lipinski definition) is 3. The molecule has 0 bridgehead atoms. The predicted octanol–water partition coefficient (Wildman–Crippen LogP) is 12.0. The van der Waals surface area contributed by atoms with Crippen LogP contribution in [0.4, 0.5) is 53.5 Å². The van der Waals surface area contributed by atoms with Gasteiger partial charge in [-0.15, -0.1) is 5.10 Å². The van der Waals surface area contributed by atoms with Gasteiger partial charge in [0.1, 0.15) is 23.8 Å². The van der Waals surface area contributed by atoms with Gasteiger partial charge in [0.05, 0.1) is 91.1 Å². The van der Waals surface area contributed by atoms with E-state index in [-0.39, 0.29) is 62.5 Å². The standard InChI is InChI=1S/C26H16ClF4N7.C25H15ClF3N7/c27-21-7-14(5-19(15-1-3-17(29)4-2-15)23-12-38(13-28)37-36-23)6-20-24(16(9-32)10-33-25(20)21)35-18-8-22(30)26(31)34-11-18;26-20-7-13(5-18(22-12-33-36-35-22)14-1-3-16(27)4-2-14)6-19-23(15(9-30)10-31-24(19)20)34-17-8-21(28)25(29)32-11-17/h1-4,6-8,10-12,19H,5,13H2,(H,33,35);1-4,6-8,10-12,18H,5H2,(H,31,34)(H,33,35,36)/t19-;18-/m11/s1/i19D;18D. The van der Waals surface area contributed by atoms with E-state index in [1.165, 1.54) is 73.3 Å². The minimum absolute atomic E-state index is 0.0454. The maximum atomic E-state index is 13.8. The highest BCUT2D eigenvalue weighted by molar-refractivity contribution is 6.36. The first-order valence-electron chi connectivity index (χ1n) is 22.5. The summed E-state index contributed by atoms with van der Waals surface area (Å²) in [4.78, 5) is 15.3. The van der Waals surface area contributed by atoms with Crippen LogP contribution in [0, 0.1) is 57.8 Å². The molecule has 14 nitrogen and oxygen atoms in total. The quantitative estimate of drug-likeness (QED) is 0.0731. The first-order valence-corrected chi connectivity index (χ1v) is 22.3. The molecule has 0 unspecified atom stereocenters. The molecule has 0 aliphatic rings. The van der Waals surface area contributed by atoms with Gasteiger partial charge in [-0.1, -0.05) is 52.7 Å². The fraction of sp³-hybridized carbons (Fsp3) is 0.0980. The van der Waals surface area contributed by atoms with Crippen LogP contribution >= 0.6 is 23.2 Å². The Morgan fingerprint density at radius 1 is 0.622 bits per heavy atom. The van der Waals surface area contributed by atoms with Crippen LogP contribution in [0.2, 0.25) is 10.0 Å². The Kier molecular flexibility index (Phi) is 13.9. The smallest absolute Gasteiger partial charge is 0.249 e. The number of anilines is 4. The van der Waals surface area contributed by atoms with Gasteiger partial charge in [-0.2, -0.15) is 34.7 Å². The van der Waals surface area contributed by atoms with E-state index in [2.05, 4.69) is 56.3 Å². The van der Waals surface area contributed by atoms with Crippen molar-refractivity contribution in [1.82, 2.24) is 50.3 Å². The highest BCUT2D eigenvalue weighted by Crippen LogP contribution is 2.38. The van der Waals surface area contributed by atoms with Crippen LogP contribution in [0.1, 0.15) is 59.3 Å². The molecule has 0 spiro atoms. The topological polar surface area (TPSA) is 195 Å². The number of pyridine rings is 4. The summed E-state index contributed by atoms with van der Waals surface area (Å²) < 4.78 is 114. The molecule has 0 aliphatic heterocycles. The minimum atomic E-state index is -1.64. The van der Waals surface area contributed by atoms with Crippen molar-refractivity contribution < 1.29 is 33.5 Å². The van der Waals surface area contributed by atoms with Crippen LogP contribution in [0.5, 0.6) is 0 Å². The van der Waals surface area contributed by atoms with Crippen molar-refractivity contribution >= 4 is 67.8 Å². The summed E-state index contributed by atoms with van der Waals surface area (Å²) in [5.41, 5.74) is 3.80. The maximum absolute atomic E-state index is 13.8. The van der Waals surface area contributed by atoms with E-state index in [9.17, 15) is 44.0 Å². The highest BCUT2D eigenvalue weighted by Gasteiger charge is 2.23. The Morgan fingerprint density at radius 2 is 1.09 bits per heavy atom. The van der Waals surface area contributed by atoms with Crippen molar-refractivity contribution in [2.75, 3.05) is 10.6 Å². The van der Waals surface area contributed by atoms with Crippen LogP contribution in [-0.4, -0.2) is 50.3 Å². The Bertz CT molecular complexity index is 3900. The molecule has 10 aromatic rings. The number of halogens is 9. The third kappa shape index (κ3) is 10.9. The molecule has 0 aliphatic carbocycles. The lowest BCUT2D eigenvalue weighted by Crippen LogP contribution is -2.07. The monoisotopic (exact) mass is 1040 g/mol. The largest absolute Gasteiger partial charge is 0.352 e. The van der Waals surface area contributed by atoms with Gasteiger partial charge in [0.25, 0.3) is 0 Å². The molecular formula is C51H31Cl2F7N14. The Labute approximate surface area is 426 Å². The van der Waals surface area contributed by atoms with E-state index in [0.717, 1.165) is 29.2 Å². The molecule has 0 saturated carbocycles. The van der Waals surface area contributed by atoms with E-state index in [1.807, 2.05) is 12.1 Å². The highest BCUT2D eigenvalue weighted by atomic mass is 35.5. The molecule has 2 atom stereocenters. The summed E-state index contributed by atoms with van der Waals surface area (Å²) in [7, 11) is 0. The van der Waals surface area contributed by atoms with Crippen LogP contribution in [0.15, 0.2) is 122 Å². The zero-order valence-electron chi connectivity index (χ0n) is 39.5. The first kappa shape index (κ1) is 47.3. The molecule has 4 aromatic carbocycles. The Balaban J connectivity index is 0.000000186. The average molecular weight is 1050 g/mol. The van der Waals surface area contributed by atoms with E-state index in [4.69, 9.17) is 23.2 Å². The van der Waals surface area contributed by atoms with Gasteiger partial charge >= 0.3 is 0 Å². The van der Waals surface area contributed by atoms with Crippen LogP contribution in [0.25, 0.3) is 21.8 Å². The minimum Gasteiger partial charge on any atom is -0.352 e. The molecule has 0 amide bonds. The van der Waals surface area contributed by atoms with E-state index in [0.29, 0.717) is 49.8 Å². The van der Waals surface area contributed by atoms with Crippen molar-refractivity contribution in [1.29, 1.82) is 10.5 Å². The summed E-state index contributed by atoms with van der Waals surface area (Å²) in [5.74, 6) is -8.94. The van der Waals surface area contributed by atoms with E-state index in [1.54, 1.807) is 24.3 Å². The second-order valence-corrected chi connectivity index (χ2v) is 16.8. The van der Waals surface area contributed by atoms with Crippen LogP contribution in [0.3, 0.4) is 0 Å². The van der Waals surface area contributed by atoms with Crippen molar-refractivity contribution in [3.8, 4) is 12.1 Å². The van der Waals surface area contributed by atoms with Crippen molar-refractivity contribution in [2.24, 2.45) is 0 Å². The second kappa shape index (κ2) is 21.7. The Morgan fingerprint density at radius 3 is 1.50 bits per heavy atom.